The van der Waals surface area contributed by atoms with Crippen molar-refractivity contribution in [3.8, 4) is 0 Å². The Bertz CT molecular complexity index is 900. The molecule has 2 aromatic carbocycles. The second-order valence-corrected chi connectivity index (χ2v) is 7.75. The lowest BCUT2D eigenvalue weighted by atomic mass is 10.00. The average Bonchev–Trinajstić information content (AvgIpc) is 2.54. The van der Waals surface area contributed by atoms with Crippen molar-refractivity contribution in [2.24, 2.45) is 0 Å². The second kappa shape index (κ2) is 5.11. The zero-order valence-corrected chi connectivity index (χ0v) is 14.1. The van der Waals surface area contributed by atoms with Gasteiger partial charge in [0.15, 0.2) is 0 Å². The molecule has 0 radical (unpaired) electrons. The molecular formula is C16H16ClN2O2S+. The van der Waals surface area contributed by atoms with Crippen LogP contribution in [0, 0.1) is 0 Å². The smallest absolute Gasteiger partial charge is 0.264 e. The van der Waals surface area contributed by atoms with Gasteiger partial charge in [-0.25, -0.2) is 13.0 Å². The van der Waals surface area contributed by atoms with E-state index in [0.29, 0.717) is 16.3 Å². The largest absolute Gasteiger partial charge is 0.269 e. The van der Waals surface area contributed by atoms with Crippen molar-refractivity contribution in [2.45, 2.75) is 4.90 Å². The molecule has 0 unspecified atom stereocenters. The number of anilines is 1. The van der Waals surface area contributed by atoms with Gasteiger partial charge in [0.1, 0.15) is 19.0 Å². The number of hydrogen-bond donors (Lipinski definition) is 0. The number of para-hydroxylation sites is 1. The predicted molar refractivity (Wildman–Crippen MR) is 88.8 cm³/mol. The van der Waals surface area contributed by atoms with E-state index in [1.54, 1.807) is 19.2 Å². The van der Waals surface area contributed by atoms with E-state index in [1.165, 1.54) is 10.4 Å². The van der Waals surface area contributed by atoms with Gasteiger partial charge >= 0.3 is 0 Å². The first-order valence-corrected chi connectivity index (χ1v) is 8.58. The summed E-state index contributed by atoms with van der Waals surface area (Å²) in [5.41, 5.74) is 3.04. The first-order valence-electron chi connectivity index (χ1n) is 6.76. The maximum Gasteiger partial charge on any atom is 0.264 e. The van der Waals surface area contributed by atoms with Crippen LogP contribution >= 0.6 is 11.6 Å². The van der Waals surface area contributed by atoms with Gasteiger partial charge in [-0.05, 0) is 30.3 Å². The summed E-state index contributed by atoms with van der Waals surface area (Å²) in [6.45, 7) is 0. The Morgan fingerprint density at radius 2 is 1.73 bits per heavy atom. The fourth-order valence-corrected chi connectivity index (χ4v) is 4.43. The Labute approximate surface area is 135 Å². The van der Waals surface area contributed by atoms with E-state index in [4.69, 9.17) is 11.6 Å². The molecule has 0 fully saturated rings. The van der Waals surface area contributed by atoms with Crippen LogP contribution in [0.3, 0.4) is 0 Å². The number of nitrogens with zero attached hydrogens (tertiary/aromatic N) is 2. The van der Waals surface area contributed by atoms with Crippen LogP contribution in [0.1, 0.15) is 11.1 Å². The summed E-state index contributed by atoms with van der Waals surface area (Å²) in [4.78, 5) is 0.224. The molecule has 6 heteroatoms. The summed E-state index contributed by atoms with van der Waals surface area (Å²) >= 11 is 6.04. The highest BCUT2D eigenvalue weighted by atomic mass is 35.5. The third kappa shape index (κ3) is 2.12. The minimum Gasteiger partial charge on any atom is -0.269 e. The molecule has 114 valence electrons. The number of sulfonamides is 1. The highest BCUT2D eigenvalue weighted by Gasteiger charge is 2.36. The van der Waals surface area contributed by atoms with Crippen molar-refractivity contribution in [1.29, 1.82) is 0 Å². The molecule has 0 aromatic heterocycles. The summed E-state index contributed by atoms with van der Waals surface area (Å²) in [6.07, 6.45) is 0. The van der Waals surface area contributed by atoms with Crippen LogP contribution < -0.4 is 4.31 Å². The number of fused-ring (bicyclic) bond motifs is 2. The molecule has 0 atom stereocenters. The minimum absolute atomic E-state index is 0.224. The molecule has 1 aliphatic heterocycles. The molecule has 1 aliphatic rings. The molecule has 1 heterocycles. The fourth-order valence-electron chi connectivity index (χ4n) is 2.76. The summed E-state index contributed by atoms with van der Waals surface area (Å²) < 4.78 is 29.1. The van der Waals surface area contributed by atoms with Gasteiger partial charge in [-0.1, -0.05) is 23.7 Å². The summed E-state index contributed by atoms with van der Waals surface area (Å²) in [5.74, 6) is 0. The van der Waals surface area contributed by atoms with E-state index in [9.17, 15) is 8.42 Å². The monoisotopic (exact) mass is 335 g/mol. The van der Waals surface area contributed by atoms with Gasteiger partial charge in [-0.3, -0.25) is 4.31 Å². The number of benzene rings is 2. The van der Waals surface area contributed by atoms with Gasteiger partial charge in [0, 0.05) is 12.1 Å². The van der Waals surface area contributed by atoms with Crippen LogP contribution in [0.15, 0.2) is 47.4 Å². The van der Waals surface area contributed by atoms with E-state index in [1.807, 2.05) is 42.9 Å². The van der Waals surface area contributed by atoms with E-state index >= 15 is 0 Å². The SMILES string of the molecule is CN1c2ccccc2C(=[N+](C)C)c2ccc(Cl)cc2S1(=O)=O. The molecule has 22 heavy (non-hydrogen) atoms. The van der Waals surface area contributed by atoms with Crippen LogP contribution in [0.4, 0.5) is 5.69 Å². The van der Waals surface area contributed by atoms with Gasteiger partial charge in [-0.15, -0.1) is 0 Å². The van der Waals surface area contributed by atoms with Crippen LogP contribution in [0.25, 0.3) is 0 Å². The van der Waals surface area contributed by atoms with Crippen LogP contribution in [0.5, 0.6) is 0 Å². The van der Waals surface area contributed by atoms with Gasteiger partial charge in [-0.2, -0.15) is 0 Å². The molecule has 0 amide bonds. The summed E-state index contributed by atoms with van der Waals surface area (Å²) in [5, 5.41) is 0.403. The Morgan fingerprint density at radius 1 is 1.05 bits per heavy atom. The van der Waals surface area contributed by atoms with Crippen LogP contribution in [-0.4, -0.2) is 39.8 Å². The number of halogens is 1. The molecule has 0 saturated heterocycles. The topological polar surface area (TPSA) is 40.4 Å². The highest BCUT2D eigenvalue weighted by molar-refractivity contribution is 7.93. The van der Waals surface area contributed by atoms with Gasteiger partial charge in [0.25, 0.3) is 10.0 Å². The number of hydrogen-bond acceptors (Lipinski definition) is 2. The fraction of sp³-hybridized carbons (Fsp3) is 0.188. The molecule has 0 N–H and O–H groups in total. The van der Waals surface area contributed by atoms with E-state index in [-0.39, 0.29) is 4.90 Å². The summed E-state index contributed by atoms with van der Waals surface area (Å²) in [6, 6.07) is 12.5. The lowest BCUT2D eigenvalue weighted by molar-refractivity contribution is -0.463. The third-order valence-electron chi connectivity index (χ3n) is 3.78. The van der Waals surface area contributed by atoms with Crippen molar-refractivity contribution in [2.75, 3.05) is 25.4 Å². The molecule has 4 nitrogen and oxygen atoms in total. The molecular weight excluding hydrogens is 320 g/mol. The summed E-state index contributed by atoms with van der Waals surface area (Å²) in [7, 11) is 1.72. The first kappa shape index (κ1) is 15.1. The second-order valence-electron chi connectivity index (χ2n) is 5.37. The minimum atomic E-state index is -3.66. The van der Waals surface area contributed by atoms with Gasteiger partial charge in [0.05, 0.1) is 16.8 Å². The quantitative estimate of drug-likeness (QED) is 0.694. The lowest BCUT2D eigenvalue weighted by Crippen LogP contribution is -2.26. The maximum atomic E-state index is 12.9. The standard InChI is InChI=1S/C16H16ClN2O2S/c1-18(2)16-12-6-4-5-7-14(12)19(3)22(20,21)15-10-11(17)8-9-13(15)16/h4-10H,1-3H3/q+1. The average molecular weight is 336 g/mol. The van der Waals surface area contributed by atoms with Crippen molar-refractivity contribution in [3.05, 3.63) is 58.6 Å². The van der Waals surface area contributed by atoms with Crippen molar-refractivity contribution in [1.82, 2.24) is 0 Å². The Morgan fingerprint density at radius 3 is 2.41 bits per heavy atom. The van der Waals surface area contributed by atoms with Gasteiger partial charge in [0.2, 0.25) is 5.71 Å². The highest BCUT2D eigenvalue weighted by Crippen LogP contribution is 2.35. The molecule has 0 saturated carbocycles. The zero-order chi connectivity index (χ0) is 16.1. The van der Waals surface area contributed by atoms with Crippen molar-refractivity contribution in [3.63, 3.8) is 0 Å². The maximum absolute atomic E-state index is 12.9. The Kier molecular flexibility index (Phi) is 3.50. The Hall–Kier alpha value is -1.85. The van der Waals surface area contributed by atoms with E-state index in [0.717, 1.165) is 11.3 Å². The van der Waals surface area contributed by atoms with Crippen molar-refractivity contribution >= 4 is 33.0 Å². The van der Waals surface area contributed by atoms with Crippen LogP contribution in [0.2, 0.25) is 5.02 Å². The molecule has 3 rings (SSSR count). The molecule has 2 aromatic rings. The van der Waals surface area contributed by atoms with Crippen molar-refractivity contribution < 1.29 is 13.0 Å². The first-order chi connectivity index (χ1) is 10.3. The van der Waals surface area contributed by atoms with E-state index < -0.39 is 10.0 Å². The molecule has 0 spiro atoms. The number of rotatable bonds is 0. The lowest BCUT2D eigenvalue weighted by Gasteiger charge is -2.18. The van der Waals surface area contributed by atoms with Gasteiger partial charge < -0.3 is 0 Å². The zero-order valence-electron chi connectivity index (χ0n) is 12.5. The predicted octanol–water partition coefficient (Wildman–Crippen LogP) is 2.59. The normalized spacial score (nSPS) is 15.8. The van der Waals surface area contributed by atoms with Crippen LogP contribution in [-0.2, 0) is 10.0 Å². The molecule has 0 aliphatic carbocycles. The Balaban J connectivity index is 2.53. The van der Waals surface area contributed by atoms with E-state index in [2.05, 4.69) is 0 Å². The third-order valence-corrected chi connectivity index (χ3v) is 5.83. The molecule has 0 bridgehead atoms.